The number of hydrogen-bond acceptors (Lipinski definition) is 2. The number of aryl methyl sites for hydroxylation is 2. The van der Waals surface area contributed by atoms with Crippen LogP contribution in [0.5, 0.6) is 23.0 Å². The lowest BCUT2D eigenvalue weighted by Crippen LogP contribution is -1.94. The first-order chi connectivity index (χ1) is 16.8. The molecule has 0 heterocycles. The van der Waals surface area contributed by atoms with Crippen molar-refractivity contribution in [2.45, 2.75) is 39.5 Å². The first-order valence-corrected chi connectivity index (χ1v) is 12.2. The third-order valence-electron chi connectivity index (χ3n) is 6.20. The fourth-order valence-corrected chi connectivity index (χ4v) is 4.53. The van der Waals surface area contributed by atoms with Crippen LogP contribution in [-0.4, -0.2) is 0 Å². The number of fused-ring (bicyclic) bond motifs is 2. The average molecular weight is 447 g/mol. The second-order valence-electron chi connectivity index (χ2n) is 8.74. The van der Waals surface area contributed by atoms with Crippen LogP contribution in [0.1, 0.15) is 37.8 Å². The summed E-state index contributed by atoms with van der Waals surface area (Å²) in [5.74, 6) is 3.41. The fourth-order valence-electron chi connectivity index (χ4n) is 4.53. The molecule has 2 nitrogen and oxygen atoms in total. The minimum Gasteiger partial charge on any atom is -0.456 e. The third-order valence-corrected chi connectivity index (χ3v) is 6.20. The van der Waals surface area contributed by atoms with Gasteiger partial charge in [-0.15, -0.1) is 0 Å². The Hall–Kier alpha value is -3.78. The lowest BCUT2D eigenvalue weighted by atomic mass is 10.0. The van der Waals surface area contributed by atoms with Crippen LogP contribution in [0.4, 0.5) is 0 Å². The Bertz CT molecular complexity index is 1230. The number of benzene rings is 5. The van der Waals surface area contributed by atoms with E-state index in [9.17, 15) is 0 Å². The molecule has 0 aromatic heterocycles. The van der Waals surface area contributed by atoms with Gasteiger partial charge >= 0.3 is 0 Å². The van der Waals surface area contributed by atoms with Crippen molar-refractivity contribution in [1.29, 1.82) is 0 Å². The highest BCUT2D eigenvalue weighted by Gasteiger charge is 2.17. The zero-order valence-electron chi connectivity index (χ0n) is 19.9. The van der Waals surface area contributed by atoms with Crippen molar-refractivity contribution in [3.05, 3.63) is 108 Å². The van der Waals surface area contributed by atoms with Gasteiger partial charge in [0.05, 0.1) is 0 Å². The van der Waals surface area contributed by atoms with E-state index in [1.807, 2.05) is 0 Å². The van der Waals surface area contributed by atoms with E-state index in [1.165, 1.54) is 11.1 Å². The lowest BCUT2D eigenvalue weighted by Gasteiger charge is -2.18. The number of ether oxygens (including phenoxy) is 2. The van der Waals surface area contributed by atoms with Crippen LogP contribution in [0.25, 0.3) is 21.5 Å². The van der Waals surface area contributed by atoms with Gasteiger partial charge in [-0.1, -0.05) is 99.5 Å². The van der Waals surface area contributed by atoms with Crippen LogP contribution >= 0.6 is 0 Å². The normalized spacial score (nSPS) is 11.1. The fraction of sp³-hybridized carbons (Fsp3) is 0.188. The van der Waals surface area contributed by atoms with Crippen LogP contribution in [-0.2, 0) is 12.8 Å². The van der Waals surface area contributed by atoms with Crippen LogP contribution < -0.4 is 9.47 Å². The van der Waals surface area contributed by atoms with E-state index in [0.717, 1.165) is 70.2 Å². The molecule has 0 unspecified atom stereocenters. The maximum Gasteiger partial charge on any atom is 0.143 e. The highest BCUT2D eigenvalue weighted by atomic mass is 16.5. The summed E-state index contributed by atoms with van der Waals surface area (Å²) >= 11 is 0. The minimum atomic E-state index is 0.843. The number of rotatable bonds is 8. The van der Waals surface area contributed by atoms with Crippen molar-refractivity contribution in [2.75, 3.05) is 0 Å². The molecule has 0 saturated heterocycles. The molecule has 2 heteroatoms. The molecule has 34 heavy (non-hydrogen) atoms. The van der Waals surface area contributed by atoms with Gasteiger partial charge in [-0.05, 0) is 48.2 Å². The minimum absolute atomic E-state index is 0.843. The Morgan fingerprint density at radius 2 is 0.765 bits per heavy atom. The largest absolute Gasteiger partial charge is 0.456 e. The summed E-state index contributed by atoms with van der Waals surface area (Å²) in [6.07, 6.45) is 4.44. The molecule has 5 aromatic carbocycles. The van der Waals surface area contributed by atoms with Gasteiger partial charge in [0, 0.05) is 21.5 Å². The third kappa shape index (κ3) is 4.49. The molecule has 0 aliphatic rings. The van der Waals surface area contributed by atoms with Crippen LogP contribution in [0.3, 0.4) is 0 Å². The highest BCUT2D eigenvalue weighted by molar-refractivity contribution is 6.11. The second-order valence-corrected chi connectivity index (χ2v) is 8.74. The molecule has 0 fully saturated rings. The summed E-state index contributed by atoms with van der Waals surface area (Å²) in [5, 5.41) is 4.15. The Labute approximate surface area is 201 Å². The molecular formula is C32H30O2. The molecule has 0 aliphatic carbocycles. The van der Waals surface area contributed by atoms with Crippen molar-refractivity contribution in [3.63, 3.8) is 0 Å². The highest BCUT2D eigenvalue weighted by Crippen LogP contribution is 2.45. The van der Waals surface area contributed by atoms with E-state index in [0.29, 0.717) is 0 Å². The standard InChI is InChI=1S/C32H30O2/c1-3-9-23-15-19-25(20-16-23)33-31-27-11-5-7-13-29(27)32(30-14-8-6-12-28(30)31)34-26-21-17-24(10-4-2)18-22-26/h5-8,11-22H,3-4,9-10H2,1-2H3. The smallest absolute Gasteiger partial charge is 0.143 e. The molecule has 0 radical (unpaired) electrons. The van der Waals surface area contributed by atoms with Gasteiger partial charge in [0.15, 0.2) is 0 Å². The quantitative estimate of drug-likeness (QED) is 0.221. The predicted octanol–water partition coefficient (Wildman–Crippen LogP) is 9.48. The van der Waals surface area contributed by atoms with Gasteiger partial charge in [-0.3, -0.25) is 0 Å². The lowest BCUT2D eigenvalue weighted by molar-refractivity contribution is 0.485. The molecule has 170 valence electrons. The van der Waals surface area contributed by atoms with E-state index in [1.54, 1.807) is 0 Å². The molecule has 0 aliphatic heterocycles. The summed E-state index contributed by atoms with van der Waals surface area (Å²) in [6, 6.07) is 33.5. The van der Waals surface area contributed by atoms with Crippen LogP contribution in [0.2, 0.25) is 0 Å². The molecule has 0 atom stereocenters. The van der Waals surface area contributed by atoms with E-state index in [4.69, 9.17) is 9.47 Å². The molecule has 0 spiro atoms. The topological polar surface area (TPSA) is 18.5 Å². The van der Waals surface area contributed by atoms with E-state index >= 15 is 0 Å². The summed E-state index contributed by atoms with van der Waals surface area (Å²) in [5.41, 5.74) is 2.66. The van der Waals surface area contributed by atoms with Gasteiger partial charge in [0.25, 0.3) is 0 Å². The molecule has 0 amide bonds. The van der Waals surface area contributed by atoms with Gasteiger partial charge in [-0.2, -0.15) is 0 Å². The molecule has 0 bridgehead atoms. The first kappa shape index (κ1) is 22.0. The van der Waals surface area contributed by atoms with Gasteiger partial charge in [-0.25, -0.2) is 0 Å². The Balaban J connectivity index is 1.60. The molecule has 0 saturated carbocycles. The van der Waals surface area contributed by atoms with Crippen molar-refractivity contribution in [1.82, 2.24) is 0 Å². The van der Waals surface area contributed by atoms with Crippen LogP contribution in [0.15, 0.2) is 97.1 Å². The Kier molecular flexibility index (Phi) is 6.49. The summed E-state index contributed by atoms with van der Waals surface area (Å²) in [7, 11) is 0. The molecule has 0 N–H and O–H groups in total. The van der Waals surface area contributed by atoms with Crippen molar-refractivity contribution in [2.24, 2.45) is 0 Å². The van der Waals surface area contributed by atoms with E-state index in [-0.39, 0.29) is 0 Å². The first-order valence-electron chi connectivity index (χ1n) is 12.2. The van der Waals surface area contributed by atoms with Crippen molar-refractivity contribution >= 4 is 21.5 Å². The predicted molar refractivity (Wildman–Crippen MR) is 142 cm³/mol. The summed E-state index contributed by atoms with van der Waals surface area (Å²) < 4.78 is 13.1. The Morgan fingerprint density at radius 3 is 1.06 bits per heavy atom. The summed E-state index contributed by atoms with van der Waals surface area (Å²) in [6.45, 7) is 4.40. The molecule has 5 rings (SSSR count). The van der Waals surface area contributed by atoms with Gasteiger partial charge in [0.2, 0.25) is 0 Å². The van der Waals surface area contributed by atoms with Gasteiger partial charge in [0.1, 0.15) is 23.0 Å². The zero-order valence-corrected chi connectivity index (χ0v) is 19.9. The molecule has 5 aromatic rings. The van der Waals surface area contributed by atoms with Gasteiger partial charge < -0.3 is 9.47 Å². The monoisotopic (exact) mass is 446 g/mol. The maximum absolute atomic E-state index is 6.53. The number of hydrogen-bond donors (Lipinski definition) is 0. The van der Waals surface area contributed by atoms with E-state index < -0.39 is 0 Å². The maximum atomic E-state index is 6.53. The van der Waals surface area contributed by atoms with Crippen molar-refractivity contribution in [3.8, 4) is 23.0 Å². The van der Waals surface area contributed by atoms with Crippen LogP contribution in [0, 0.1) is 0 Å². The second kappa shape index (κ2) is 10.0. The zero-order chi connectivity index (χ0) is 23.3. The van der Waals surface area contributed by atoms with E-state index in [2.05, 4.69) is 111 Å². The Morgan fingerprint density at radius 1 is 0.441 bits per heavy atom. The summed E-state index contributed by atoms with van der Waals surface area (Å²) in [4.78, 5) is 0. The SMILES string of the molecule is CCCc1ccc(Oc2c3ccccc3c(Oc3ccc(CCC)cc3)c3ccccc23)cc1. The molecular weight excluding hydrogens is 416 g/mol. The van der Waals surface area contributed by atoms with Crippen molar-refractivity contribution < 1.29 is 9.47 Å². The average Bonchev–Trinajstić information content (AvgIpc) is 2.88.